The molecule has 3 heterocycles. The summed E-state index contributed by atoms with van der Waals surface area (Å²) in [4.78, 5) is 13.3. The summed E-state index contributed by atoms with van der Waals surface area (Å²) < 4.78 is 45.6. The number of ether oxygens (including phenoxy) is 7. The molecule has 0 spiro atoms. The van der Waals surface area contributed by atoms with Crippen molar-refractivity contribution in [3.63, 3.8) is 0 Å². The first-order valence-electron chi connectivity index (χ1n) is 23.2. The fourth-order valence-electron chi connectivity index (χ4n) is 11.8. The highest BCUT2D eigenvalue weighted by Crippen LogP contribution is 2.65. The van der Waals surface area contributed by atoms with Crippen LogP contribution >= 0.6 is 0 Å². The third-order valence-corrected chi connectivity index (χ3v) is 15.2. The van der Waals surface area contributed by atoms with Gasteiger partial charge >= 0.3 is 5.97 Å². The fourth-order valence-corrected chi connectivity index (χ4v) is 11.8. The molecule has 4 saturated carbocycles. The van der Waals surface area contributed by atoms with Crippen LogP contribution in [0.25, 0.3) is 0 Å². The molecule has 0 aromatic rings. The van der Waals surface area contributed by atoms with Crippen molar-refractivity contribution in [2.75, 3.05) is 39.6 Å². The van der Waals surface area contributed by atoms with E-state index >= 15 is 0 Å². The molecule has 55 heavy (non-hydrogen) atoms. The summed E-state index contributed by atoms with van der Waals surface area (Å²) in [6.07, 6.45) is 29.1. The summed E-state index contributed by atoms with van der Waals surface area (Å²) in [5, 5.41) is 0. The summed E-state index contributed by atoms with van der Waals surface area (Å²) in [6.45, 7) is 17.4. The Balaban J connectivity index is 1.06. The Bertz CT molecular complexity index is 1080. The number of hydrogen-bond donors (Lipinski definition) is 0. The van der Waals surface area contributed by atoms with Crippen LogP contribution in [0.15, 0.2) is 12.2 Å². The smallest absolute Gasteiger partial charge is 0.333 e. The van der Waals surface area contributed by atoms with Crippen LogP contribution < -0.4 is 0 Å². The Morgan fingerprint density at radius 3 is 1.04 bits per heavy atom. The monoisotopic (exact) mass is 773 g/mol. The molecule has 0 aromatic carbocycles. The Morgan fingerprint density at radius 2 is 0.782 bits per heavy atom. The minimum absolute atomic E-state index is 0.152. The van der Waals surface area contributed by atoms with E-state index in [9.17, 15) is 4.79 Å². The van der Waals surface area contributed by atoms with Gasteiger partial charge in [0.15, 0.2) is 0 Å². The van der Waals surface area contributed by atoms with Crippen molar-refractivity contribution in [3.05, 3.63) is 12.2 Å². The fraction of sp³-hybridized carbons (Fsp3) is 0.936. The van der Waals surface area contributed by atoms with Gasteiger partial charge < -0.3 is 33.2 Å². The molecule has 316 valence electrons. The third kappa shape index (κ3) is 10.8. The SMILES string of the molecule is C=C(C)C(=O)OC12CC3(OCCCCCCC4(CC)CCO4)CC(OCCCCCCC4(CC)CCO4)(CC(OCCCCCCC4(CC)CCO4)(C3)C1)C2. The average Bonchev–Trinajstić information content (AvgIpc) is 3.09. The second-order valence-electron chi connectivity index (χ2n) is 19.4. The van der Waals surface area contributed by atoms with E-state index in [4.69, 9.17) is 33.2 Å². The van der Waals surface area contributed by atoms with Crippen LogP contribution in [0.4, 0.5) is 0 Å². The average molecular weight is 773 g/mol. The van der Waals surface area contributed by atoms with Crippen molar-refractivity contribution in [2.45, 2.75) is 240 Å². The third-order valence-electron chi connectivity index (χ3n) is 15.2. The molecule has 4 aliphatic carbocycles. The first kappa shape index (κ1) is 43.5. The predicted molar refractivity (Wildman–Crippen MR) is 217 cm³/mol. The second-order valence-corrected chi connectivity index (χ2v) is 19.4. The number of unbranched alkanes of at least 4 members (excludes halogenated alkanes) is 9. The molecule has 7 aliphatic rings. The highest BCUT2D eigenvalue weighted by Gasteiger charge is 2.72. The summed E-state index contributed by atoms with van der Waals surface area (Å²) in [5.74, 6) is -0.303. The molecular weight excluding hydrogens is 693 g/mol. The number of esters is 1. The van der Waals surface area contributed by atoms with Gasteiger partial charge in [-0.3, -0.25) is 0 Å². The maximum Gasteiger partial charge on any atom is 0.333 e. The van der Waals surface area contributed by atoms with Crippen LogP contribution in [0.5, 0.6) is 0 Å². The molecule has 7 fully saturated rings. The van der Waals surface area contributed by atoms with E-state index < -0.39 is 22.4 Å². The van der Waals surface area contributed by atoms with E-state index in [0.29, 0.717) is 24.8 Å². The maximum absolute atomic E-state index is 13.3. The minimum Gasteiger partial charge on any atom is -0.455 e. The Hall–Kier alpha value is -1.03. The molecule has 3 saturated heterocycles. The zero-order valence-electron chi connectivity index (χ0n) is 35.8. The van der Waals surface area contributed by atoms with Gasteiger partial charge in [0, 0.05) is 63.9 Å². The van der Waals surface area contributed by atoms with Gasteiger partial charge in [0.05, 0.1) is 53.4 Å². The van der Waals surface area contributed by atoms with Crippen LogP contribution in [0, 0.1) is 0 Å². The van der Waals surface area contributed by atoms with Crippen LogP contribution in [0.2, 0.25) is 0 Å². The minimum atomic E-state index is -0.670. The predicted octanol–water partition coefficient (Wildman–Crippen LogP) is 11.1. The van der Waals surface area contributed by atoms with E-state index in [-0.39, 0.29) is 22.8 Å². The number of hydrogen-bond acceptors (Lipinski definition) is 8. The Kier molecular flexibility index (Phi) is 15.0. The number of carbonyl (C=O) groups is 1. The molecule has 0 aromatic heterocycles. The van der Waals surface area contributed by atoms with Crippen LogP contribution in [0.1, 0.15) is 201 Å². The van der Waals surface area contributed by atoms with Crippen molar-refractivity contribution in [3.8, 4) is 0 Å². The molecule has 8 nitrogen and oxygen atoms in total. The van der Waals surface area contributed by atoms with Crippen molar-refractivity contribution >= 4 is 5.97 Å². The van der Waals surface area contributed by atoms with Gasteiger partial charge in [0.1, 0.15) is 5.60 Å². The van der Waals surface area contributed by atoms with E-state index in [2.05, 4.69) is 27.4 Å². The highest BCUT2D eigenvalue weighted by molar-refractivity contribution is 5.87. The lowest BCUT2D eigenvalue weighted by Gasteiger charge is -2.68. The molecule has 7 rings (SSSR count). The van der Waals surface area contributed by atoms with Crippen molar-refractivity contribution in [1.29, 1.82) is 0 Å². The lowest BCUT2D eigenvalue weighted by Crippen LogP contribution is -2.74. The van der Waals surface area contributed by atoms with Gasteiger partial charge in [0.25, 0.3) is 0 Å². The van der Waals surface area contributed by atoms with Crippen LogP contribution in [0.3, 0.4) is 0 Å². The molecule has 3 unspecified atom stereocenters. The van der Waals surface area contributed by atoms with Gasteiger partial charge in [-0.2, -0.15) is 0 Å². The summed E-state index contributed by atoms with van der Waals surface area (Å²) in [5.41, 5.74) is -1.04. The van der Waals surface area contributed by atoms with Crippen LogP contribution in [-0.4, -0.2) is 84.8 Å². The summed E-state index contributed by atoms with van der Waals surface area (Å²) in [6, 6.07) is 0. The highest BCUT2D eigenvalue weighted by atomic mass is 16.6. The quantitative estimate of drug-likeness (QED) is 0.0422. The van der Waals surface area contributed by atoms with E-state index in [1.54, 1.807) is 6.92 Å². The standard InChI is InChI=1S/C47H80O8/c1-6-41(24-30-52-41)21-15-9-12-18-27-49-44-33-45(50-28-19-13-10-16-22-42(7-2)25-31-53-42)35-46(34-44,38-47(36-44,37-45)55-40(48)39(4)5)51-29-20-14-11-17-23-43(8-3)26-32-54-43/h4,6-38H2,1-3,5H3. The van der Waals surface area contributed by atoms with E-state index in [0.717, 1.165) is 117 Å². The van der Waals surface area contributed by atoms with Gasteiger partial charge in [-0.1, -0.05) is 85.1 Å². The topological polar surface area (TPSA) is 81.7 Å². The molecule has 0 N–H and O–H groups in total. The van der Waals surface area contributed by atoms with Crippen molar-refractivity contribution in [2.24, 2.45) is 0 Å². The largest absolute Gasteiger partial charge is 0.455 e. The second kappa shape index (κ2) is 18.9. The number of rotatable bonds is 29. The molecule has 0 amide bonds. The molecule has 0 radical (unpaired) electrons. The first-order chi connectivity index (χ1) is 26.5. The van der Waals surface area contributed by atoms with Crippen LogP contribution in [-0.2, 0) is 38.0 Å². The zero-order chi connectivity index (χ0) is 38.9. The maximum atomic E-state index is 13.3. The van der Waals surface area contributed by atoms with Gasteiger partial charge in [-0.15, -0.1) is 0 Å². The van der Waals surface area contributed by atoms with E-state index in [1.165, 1.54) is 77.0 Å². The summed E-state index contributed by atoms with van der Waals surface area (Å²) >= 11 is 0. The normalized spacial score (nSPS) is 37.3. The van der Waals surface area contributed by atoms with E-state index in [1.807, 2.05) is 0 Å². The van der Waals surface area contributed by atoms with Gasteiger partial charge in [-0.05, 0) is 84.0 Å². The molecule has 3 atom stereocenters. The number of carbonyl (C=O) groups excluding carboxylic acids is 1. The van der Waals surface area contributed by atoms with Gasteiger partial charge in [-0.25, -0.2) is 4.79 Å². The van der Waals surface area contributed by atoms with Crippen molar-refractivity contribution in [1.82, 2.24) is 0 Å². The summed E-state index contributed by atoms with van der Waals surface area (Å²) in [7, 11) is 0. The van der Waals surface area contributed by atoms with Gasteiger partial charge in [0.2, 0.25) is 0 Å². The first-order valence-corrected chi connectivity index (χ1v) is 23.2. The Morgan fingerprint density at radius 1 is 0.491 bits per heavy atom. The molecule has 8 heteroatoms. The molecular formula is C47H80O8. The van der Waals surface area contributed by atoms with Crippen molar-refractivity contribution < 1.29 is 38.0 Å². The molecule has 4 bridgehead atoms. The lowest BCUT2D eigenvalue weighted by molar-refractivity contribution is -0.327. The lowest BCUT2D eigenvalue weighted by atomic mass is 9.48. The molecule has 3 aliphatic heterocycles. The zero-order valence-corrected chi connectivity index (χ0v) is 35.8. The Labute approximate surface area is 335 Å².